The van der Waals surface area contributed by atoms with Gasteiger partial charge in [0, 0.05) is 13.0 Å². The first-order valence-electron chi connectivity index (χ1n) is 7.42. The molecule has 1 amide bonds. The Balaban J connectivity index is 2.25. The maximum atomic E-state index is 11.8. The van der Waals surface area contributed by atoms with Gasteiger partial charge in [0.25, 0.3) is 0 Å². The molecule has 0 radical (unpaired) electrons. The van der Waals surface area contributed by atoms with Gasteiger partial charge < -0.3 is 14.8 Å². The van der Waals surface area contributed by atoms with Crippen molar-refractivity contribution in [3.8, 4) is 0 Å². The molecule has 1 aliphatic heterocycles. The Hall–Kier alpha value is -1.10. The van der Waals surface area contributed by atoms with Gasteiger partial charge in [-0.05, 0) is 53.4 Å². The van der Waals surface area contributed by atoms with Crippen molar-refractivity contribution < 1.29 is 19.1 Å². The molecule has 1 fully saturated rings. The fourth-order valence-corrected chi connectivity index (χ4v) is 2.09. The number of esters is 1. The van der Waals surface area contributed by atoms with Crippen LogP contribution in [-0.4, -0.2) is 36.2 Å². The molecule has 20 heavy (non-hydrogen) atoms. The van der Waals surface area contributed by atoms with Gasteiger partial charge in [-0.2, -0.15) is 0 Å². The van der Waals surface area contributed by atoms with E-state index < -0.39 is 17.6 Å². The van der Waals surface area contributed by atoms with E-state index >= 15 is 0 Å². The SMILES string of the molecule is C[C@@H](NC(=O)CCC1CCCCO1)C(=O)OC(C)(C)C. The van der Waals surface area contributed by atoms with E-state index in [0.29, 0.717) is 12.8 Å². The smallest absolute Gasteiger partial charge is 0.328 e. The molecule has 1 rings (SSSR count). The third kappa shape index (κ3) is 6.89. The van der Waals surface area contributed by atoms with E-state index in [2.05, 4.69) is 5.32 Å². The lowest BCUT2D eigenvalue weighted by Crippen LogP contribution is -2.42. The van der Waals surface area contributed by atoms with Gasteiger partial charge in [0.2, 0.25) is 5.91 Å². The molecule has 0 bridgehead atoms. The highest BCUT2D eigenvalue weighted by Crippen LogP contribution is 2.16. The van der Waals surface area contributed by atoms with Gasteiger partial charge in [-0.25, -0.2) is 4.79 Å². The standard InChI is InChI=1S/C15H27NO4/c1-11(14(18)20-15(2,3)4)16-13(17)9-8-12-7-5-6-10-19-12/h11-12H,5-10H2,1-4H3,(H,16,17)/t11-,12?/m1/s1. The van der Waals surface area contributed by atoms with Crippen molar-refractivity contribution in [2.75, 3.05) is 6.61 Å². The maximum Gasteiger partial charge on any atom is 0.328 e. The van der Waals surface area contributed by atoms with Crippen molar-refractivity contribution in [3.63, 3.8) is 0 Å². The summed E-state index contributed by atoms with van der Waals surface area (Å²) in [6.07, 6.45) is 4.59. The fourth-order valence-electron chi connectivity index (χ4n) is 2.09. The lowest BCUT2D eigenvalue weighted by molar-refractivity contribution is -0.158. The van der Waals surface area contributed by atoms with Crippen LogP contribution in [0.2, 0.25) is 0 Å². The minimum absolute atomic E-state index is 0.127. The molecule has 1 saturated heterocycles. The maximum absolute atomic E-state index is 11.8. The number of nitrogens with one attached hydrogen (secondary N) is 1. The Bertz CT molecular complexity index is 329. The molecule has 0 aromatic heterocycles. The van der Waals surface area contributed by atoms with Crippen molar-refractivity contribution in [2.24, 2.45) is 0 Å². The Morgan fingerprint density at radius 2 is 2.05 bits per heavy atom. The lowest BCUT2D eigenvalue weighted by atomic mass is 10.0. The number of carbonyl (C=O) groups is 2. The monoisotopic (exact) mass is 285 g/mol. The summed E-state index contributed by atoms with van der Waals surface area (Å²) in [5, 5.41) is 2.67. The van der Waals surface area contributed by atoms with Crippen LogP contribution in [0.5, 0.6) is 0 Å². The van der Waals surface area contributed by atoms with Crippen LogP contribution in [0.4, 0.5) is 0 Å². The minimum atomic E-state index is -0.617. The van der Waals surface area contributed by atoms with Crippen molar-refractivity contribution >= 4 is 11.9 Å². The number of rotatable bonds is 5. The van der Waals surface area contributed by atoms with Crippen molar-refractivity contribution in [3.05, 3.63) is 0 Å². The molecule has 1 heterocycles. The molecule has 116 valence electrons. The second-order valence-corrected chi connectivity index (χ2v) is 6.35. The summed E-state index contributed by atoms with van der Waals surface area (Å²) >= 11 is 0. The van der Waals surface area contributed by atoms with Gasteiger partial charge >= 0.3 is 5.97 Å². The normalized spacial score (nSPS) is 21.1. The second kappa shape index (κ2) is 7.62. The zero-order chi connectivity index (χ0) is 15.2. The van der Waals surface area contributed by atoms with Crippen LogP contribution in [0.25, 0.3) is 0 Å². The van der Waals surface area contributed by atoms with Crippen LogP contribution >= 0.6 is 0 Å². The first kappa shape index (κ1) is 17.0. The summed E-state index contributed by atoms with van der Waals surface area (Å²) in [7, 11) is 0. The molecule has 2 atom stereocenters. The largest absolute Gasteiger partial charge is 0.458 e. The fraction of sp³-hybridized carbons (Fsp3) is 0.867. The number of carbonyl (C=O) groups excluding carboxylic acids is 2. The van der Waals surface area contributed by atoms with Gasteiger partial charge in [0.05, 0.1) is 6.10 Å². The molecule has 5 nitrogen and oxygen atoms in total. The van der Waals surface area contributed by atoms with E-state index in [9.17, 15) is 9.59 Å². The Morgan fingerprint density at radius 1 is 1.35 bits per heavy atom. The summed E-state index contributed by atoms with van der Waals surface area (Å²) in [6.45, 7) is 7.85. The predicted octanol–water partition coefficient (Wildman–Crippen LogP) is 2.18. The van der Waals surface area contributed by atoms with E-state index in [4.69, 9.17) is 9.47 Å². The highest BCUT2D eigenvalue weighted by Gasteiger charge is 2.23. The van der Waals surface area contributed by atoms with E-state index in [1.807, 2.05) is 0 Å². The van der Waals surface area contributed by atoms with Gasteiger partial charge in [-0.3, -0.25) is 4.79 Å². The van der Waals surface area contributed by atoms with E-state index in [0.717, 1.165) is 19.4 Å². The molecule has 0 aliphatic carbocycles. The average Bonchev–Trinajstić information content (AvgIpc) is 2.35. The number of hydrogen-bond acceptors (Lipinski definition) is 4. The third-order valence-corrected chi connectivity index (χ3v) is 3.11. The van der Waals surface area contributed by atoms with Crippen LogP contribution in [0.15, 0.2) is 0 Å². The molecule has 0 spiro atoms. The van der Waals surface area contributed by atoms with Crippen LogP contribution in [-0.2, 0) is 19.1 Å². The molecule has 0 aromatic rings. The van der Waals surface area contributed by atoms with Crippen molar-refractivity contribution in [1.29, 1.82) is 0 Å². The molecule has 1 aliphatic rings. The van der Waals surface area contributed by atoms with Crippen LogP contribution in [0.1, 0.15) is 59.8 Å². The number of hydrogen-bond donors (Lipinski definition) is 1. The molecule has 5 heteroatoms. The zero-order valence-corrected chi connectivity index (χ0v) is 13.0. The first-order chi connectivity index (χ1) is 9.28. The molecular weight excluding hydrogens is 258 g/mol. The summed E-state index contributed by atoms with van der Waals surface area (Å²) < 4.78 is 10.8. The second-order valence-electron chi connectivity index (χ2n) is 6.35. The molecule has 1 N–H and O–H groups in total. The Labute approximate surface area is 121 Å². The third-order valence-electron chi connectivity index (χ3n) is 3.11. The highest BCUT2D eigenvalue weighted by atomic mass is 16.6. The highest BCUT2D eigenvalue weighted by molar-refractivity contribution is 5.84. The van der Waals surface area contributed by atoms with E-state index in [1.165, 1.54) is 6.42 Å². The average molecular weight is 285 g/mol. The van der Waals surface area contributed by atoms with Gasteiger partial charge in [-0.15, -0.1) is 0 Å². The number of amides is 1. The summed E-state index contributed by atoms with van der Waals surface area (Å²) in [4.78, 5) is 23.5. The predicted molar refractivity (Wildman–Crippen MR) is 76.3 cm³/mol. The van der Waals surface area contributed by atoms with Crippen molar-refractivity contribution in [2.45, 2.75) is 77.5 Å². The van der Waals surface area contributed by atoms with Crippen LogP contribution in [0, 0.1) is 0 Å². The van der Waals surface area contributed by atoms with Gasteiger partial charge in [-0.1, -0.05) is 0 Å². The summed E-state index contributed by atoms with van der Waals surface area (Å²) in [6, 6.07) is -0.617. The molecule has 1 unspecified atom stereocenters. The lowest BCUT2D eigenvalue weighted by Gasteiger charge is -2.24. The van der Waals surface area contributed by atoms with Crippen LogP contribution < -0.4 is 5.32 Å². The minimum Gasteiger partial charge on any atom is -0.458 e. The first-order valence-corrected chi connectivity index (χ1v) is 7.42. The zero-order valence-electron chi connectivity index (χ0n) is 13.0. The van der Waals surface area contributed by atoms with Crippen LogP contribution in [0.3, 0.4) is 0 Å². The summed E-state index contributed by atoms with van der Waals surface area (Å²) in [5.74, 6) is -0.530. The topological polar surface area (TPSA) is 64.6 Å². The van der Waals surface area contributed by atoms with Gasteiger partial charge in [0.15, 0.2) is 0 Å². The van der Waals surface area contributed by atoms with E-state index in [1.54, 1.807) is 27.7 Å². The molecule has 0 aromatic carbocycles. The van der Waals surface area contributed by atoms with Crippen molar-refractivity contribution in [1.82, 2.24) is 5.32 Å². The quantitative estimate of drug-likeness (QED) is 0.786. The van der Waals surface area contributed by atoms with E-state index in [-0.39, 0.29) is 12.0 Å². The Morgan fingerprint density at radius 3 is 2.60 bits per heavy atom. The summed E-state index contributed by atoms with van der Waals surface area (Å²) in [5.41, 5.74) is -0.536. The number of ether oxygens (including phenoxy) is 2. The van der Waals surface area contributed by atoms with Gasteiger partial charge in [0.1, 0.15) is 11.6 Å². The molecule has 0 saturated carbocycles. The Kier molecular flexibility index (Phi) is 6.46. The molecular formula is C15H27NO4.